The molecule has 0 N–H and O–H groups in total. The first-order valence-corrected chi connectivity index (χ1v) is 11.4. The molecule has 1 heterocycles. The maximum atomic E-state index is 12.8. The molecule has 0 spiro atoms. The average molecular weight is 438 g/mol. The first kappa shape index (κ1) is 21.3. The van der Waals surface area contributed by atoms with Gasteiger partial charge in [-0.15, -0.1) is 0 Å². The van der Waals surface area contributed by atoms with Crippen LogP contribution in [-0.2, 0) is 14.8 Å². The molecule has 0 bridgehead atoms. The van der Waals surface area contributed by atoms with Gasteiger partial charge in [0.15, 0.2) is 0 Å². The second-order valence-corrected chi connectivity index (χ2v) is 9.13. The van der Waals surface area contributed by atoms with Gasteiger partial charge in [0, 0.05) is 31.2 Å². The van der Waals surface area contributed by atoms with Crippen LogP contribution in [-0.4, -0.2) is 65.3 Å². The molecule has 1 saturated heterocycles. The Kier molecular flexibility index (Phi) is 6.54. The Morgan fingerprint density at radius 1 is 1.10 bits per heavy atom. The molecule has 0 aromatic heterocycles. The lowest BCUT2D eigenvalue weighted by atomic mass is 10.2. The summed E-state index contributed by atoms with van der Waals surface area (Å²) in [4.78, 5) is 16.7. The second-order valence-electron chi connectivity index (χ2n) is 6.79. The maximum Gasteiger partial charge on any atom is 0.243 e. The minimum Gasteiger partial charge on any atom is -0.495 e. The Labute approximate surface area is 176 Å². The van der Waals surface area contributed by atoms with Crippen LogP contribution in [0.25, 0.3) is 0 Å². The van der Waals surface area contributed by atoms with Crippen LogP contribution in [0.4, 0.5) is 11.4 Å². The third-order valence-electron chi connectivity index (χ3n) is 4.83. The molecule has 1 aliphatic rings. The summed E-state index contributed by atoms with van der Waals surface area (Å²) in [7, 11) is -2.00. The number of ether oxygens (including phenoxy) is 1. The zero-order valence-electron chi connectivity index (χ0n) is 16.4. The van der Waals surface area contributed by atoms with Crippen molar-refractivity contribution in [3.8, 4) is 5.75 Å². The Balaban J connectivity index is 1.68. The van der Waals surface area contributed by atoms with Crippen LogP contribution >= 0.6 is 11.6 Å². The topological polar surface area (TPSA) is 70.2 Å². The summed E-state index contributed by atoms with van der Waals surface area (Å²) in [5.74, 6) is 0.548. The van der Waals surface area contributed by atoms with Gasteiger partial charge in [0.05, 0.1) is 24.7 Å². The van der Waals surface area contributed by atoms with E-state index in [1.165, 1.54) is 6.07 Å². The summed E-state index contributed by atoms with van der Waals surface area (Å²) in [5.41, 5.74) is 1.36. The number of rotatable bonds is 6. The average Bonchev–Trinajstić information content (AvgIpc) is 2.71. The van der Waals surface area contributed by atoms with Crippen molar-refractivity contribution in [3.63, 3.8) is 0 Å². The van der Waals surface area contributed by atoms with Crippen LogP contribution in [0.5, 0.6) is 5.75 Å². The number of carbonyl (C=O) groups excluding carboxylic acids is 1. The van der Waals surface area contributed by atoms with E-state index in [1.807, 2.05) is 24.3 Å². The number of carbonyl (C=O) groups is 1. The molecule has 1 aliphatic heterocycles. The van der Waals surface area contributed by atoms with Crippen LogP contribution in [0, 0.1) is 0 Å². The molecule has 0 aliphatic carbocycles. The number of sulfonamides is 1. The van der Waals surface area contributed by atoms with E-state index >= 15 is 0 Å². The Morgan fingerprint density at radius 2 is 1.79 bits per heavy atom. The Hall–Kier alpha value is -2.45. The minimum atomic E-state index is -3.63. The van der Waals surface area contributed by atoms with Crippen molar-refractivity contribution in [2.45, 2.75) is 0 Å². The van der Waals surface area contributed by atoms with Gasteiger partial charge in [-0.05, 0) is 30.3 Å². The summed E-state index contributed by atoms with van der Waals surface area (Å²) in [6.07, 6.45) is 1.08. The number of benzene rings is 2. The summed E-state index contributed by atoms with van der Waals surface area (Å²) in [6, 6.07) is 14.2. The van der Waals surface area contributed by atoms with E-state index in [-0.39, 0.29) is 12.5 Å². The number of piperazine rings is 1. The molecule has 1 fully saturated rings. The van der Waals surface area contributed by atoms with E-state index in [0.29, 0.717) is 36.9 Å². The molecule has 2 aromatic carbocycles. The molecule has 0 unspecified atom stereocenters. The number of halogens is 1. The largest absolute Gasteiger partial charge is 0.495 e. The number of para-hydroxylation sites is 2. The SMILES string of the molecule is COc1ccccc1N1CCN(C(=O)CN(c2cccc(Cl)c2)S(C)(=O)=O)CC1. The lowest BCUT2D eigenvalue weighted by Crippen LogP contribution is -2.52. The molecule has 156 valence electrons. The monoisotopic (exact) mass is 437 g/mol. The van der Waals surface area contributed by atoms with Crippen molar-refractivity contribution in [1.29, 1.82) is 0 Å². The Bertz CT molecular complexity index is 975. The number of amides is 1. The zero-order valence-corrected chi connectivity index (χ0v) is 18.0. The quantitative estimate of drug-likeness (QED) is 0.694. The standard InChI is InChI=1S/C20H24ClN3O4S/c1-28-19-9-4-3-8-18(19)22-10-12-23(13-11-22)20(25)15-24(29(2,26)27)17-7-5-6-16(21)14-17/h3-9,14H,10-13,15H2,1-2H3. The summed E-state index contributed by atoms with van der Waals surface area (Å²) in [5, 5.41) is 0.411. The van der Waals surface area contributed by atoms with E-state index < -0.39 is 10.0 Å². The third kappa shape index (κ3) is 5.13. The van der Waals surface area contributed by atoms with Crippen LogP contribution in [0.3, 0.4) is 0 Å². The van der Waals surface area contributed by atoms with Crippen molar-refractivity contribution in [2.24, 2.45) is 0 Å². The molecular weight excluding hydrogens is 414 g/mol. The van der Waals surface area contributed by atoms with Crippen LogP contribution < -0.4 is 13.9 Å². The van der Waals surface area contributed by atoms with E-state index in [2.05, 4.69) is 4.90 Å². The highest BCUT2D eigenvalue weighted by atomic mass is 35.5. The summed E-state index contributed by atoms with van der Waals surface area (Å²) in [6.45, 7) is 2.03. The van der Waals surface area contributed by atoms with Gasteiger partial charge in [-0.25, -0.2) is 8.42 Å². The van der Waals surface area contributed by atoms with Crippen molar-refractivity contribution < 1.29 is 17.9 Å². The van der Waals surface area contributed by atoms with Gasteiger partial charge in [0.25, 0.3) is 0 Å². The molecule has 2 aromatic rings. The van der Waals surface area contributed by atoms with E-state index in [9.17, 15) is 13.2 Å². The predicted molar refractivity (Wildman–Crippen MR) is 115 cm³/mol. The van der Waals surface area contributed by atoms with Crippen molar-refractivity contribution >= 4 is 38.9 Å². The molecule has 0 radical (unpaired) electrons. The molecule has 1 amide bonds. The summed E-state index contributed by atoms with van der Waals surface area (Å²) < 4.78 is 31.0. The lowest BCUT2D eigenvalue weighted by Gasteiger charge is -2.37. The Morgan fingerprint density at radius 3 is 2.41 bits per heavy atom. The van der Waals surface area contributed by atoms with Crippen molar-refractivity contribution in [3.05, 3.63) is 53.6 Å². The highest BCUT2D eigenvalue weighted by Crippen LogP contribution is 2.28. The highest BCUT2D eigenvalue weighted by molar-refractivity contribution is 7.92. The highest BCUT2D eigenvalue weighted by Gasteiger charge is 2.27. The maximum absolute atomic E-state index is 12.8. The van der Waals surface area contributed by atoms with E-state index in [0.717, 1.165) is 22.0 Å². The first-order valence-electron chi connectivity index (χ1n) is 9.18. The second kappa shape index (κ2) is 8.92. The van der Waals surface area contributed by atoms with Crippen LogP contribution in [0.1, 0.15) is 0 Å². The number of methoxy groups -OCH3 is 1. The van der Waals surface area contributed by atoms with Gasteiger partial charge in [-0.1, -0.05) is 29.8 Å². The molecule has 3 rings (SSSR count). The smallest absolute Gasteiger partial charge is 0.243 e. The van der Waals surface area contributed by atoms with Crippen molar-refractivity contribution in [1.82, 2.24) is 4.90 Å². The number of hydrogen-bond acceptors (Lipinski definition) is 5. The minimum absolute atomic E-state index is 0.241. The molecule has 29 heavy (non-hydrogen) atoms. The van der Waals surface area contributed by atoms with Gasteiger partial charge in [0.2, 0.25) is 15.9 Å². The predicted octanol–water partition coefficient (Wildman–Crippen LogP) is 2.46. The van der Waals surface area contributed by atoms with E-state index in [4.69, 9.17) is 16.3 Å². The fourth-order valence-corrected chi connectivity index (χ4v) is 4.37. The molecule has 7 nitrogen and oxygen atoms in total. The lowest BCUT2D eigenvalue weighted by molar-refractivity contribution is -0.129. The normalized spacial score (nSPS) is 14.6. The van der Waals surface area contributed by atoms with Gasteiger partial charge in [-0.2, -0.15) is 0 Å². The number of anilines is 2. The number of nitrogens with zero attached hydrogens (tertiary/aromatic N) is 3. The van der Waals surface area contributed by atoms with Gasteiger partial charge >= 0.3 is 0 Å². The van der Waals surface area contributed by atoms with Crippen LogP contribution in [0.15, 0.2) is 48.5 Å². The fraction of sp³-hybridized carbons (Fsp3) is 0.350. The van der Waals surface area contributed by atoms with E-state index in [1.54, 1.807) is 30.2 Å². The zero-order chi connectivity index (χ0) is 21.0. The molecule has 0 atom stereocenters. The van der Waals surface area contributed by atoms with Gasteiger partial charge < -0.3 is 14.5 Å². The van der Waals surface area contributed by atoms with Gasteiger partial charge in [0.1, 0.15) is 12.3 Å². The number of hydrogen-bond donors (Lipinski definition) is 0. The first-order chi connectivity index (χ1) is 13.8. The fourth-order valence-electron chi connectivity index (χ4n) is 3.34. The molecule has 0 saturated carbocycles. The van der Waals surface area contributed by atoms with Crippen LogP contribution in [0.2, 0.25) is 5.02 Å². The summed E-state index contributed by atoms with van der Waals surface area (Å²) >= 11 is 5.99. The molecular formula is C20H24ClN3O4S. The van der Waals surface area contributed by atoms with Gasteiger partial charge in [-0.3, -0.25) is 9.10 Å². The van der Waals surface area contributed by atoms with Crippen molar-refractivity contribution in [2.75, 3.05) is 55.3 Å². The molecule has 9 heteroatoms. The third-order valence-corrected chi connectivity index (χ3v) is 6.21.